The number of carbonyl (C=O) groups is 2. The summed E-state index contributed by atoms with van der Waals surface area (Å²) in [5.41, 5.74) is 2.50. The molecule has 52 heavy (non-hydrogen) atoms. The van der Waals surface area contributed by atoms with Crippen molar-refractivity contribution in [2.24, 2.45) is 0 Å². The van der Waals surface area contributed by atoms with Crippen molar-refractivity contribution >= 4 is 68.3 Å². The molecule has 2 unspecified atom stereocenters. The first-order valence-electron chi connectivity index (χ1n) is 17.5. The highest BCUT2D eigenvalue weighted by molar-refractivity contribution is 7.85. The maximum Gasteiger partial charge on any atom is 0.227 e. The van der Waals surface area contributed by atoms with Crippen molar-refractivity contribution in [1.82, 2.24) is 29.7 Å². The lowest BCUT2D eigenvalue weighted by atomic mass is 10.1. The fraction of sp³-hybridized carbons (Fsp3) is 0.529. The molecular formula is C34H42ClFN10O4S2. The third kappa shape index (κ3) is 8.00. The minimum absolute atomic E-state index is 0.0759. The van der Waals surface area contributed by atoms with Crippen LogP contribution in [0.15, 0.2) is 34.1 Å². The second-order valence-electron chi connectivity index (χ2n) is 13.6. The molecule has 2 N–H and O–H groups in total. The molecule has 14 nitrogen and oxygen atoms in total. The molecule has 2 amide bonds. The molecule has 0 bridgehead atoms. The van der Waals surface area contributed by atoms with Gasteiger partial charge in [-0.05, 0) is 42.6 Å². The summed E-state index contributed by atoms with van der Waals surface area (Å²) in [6.45, 7) is 4.15. The van der Waals surface area contributed by atoms with Gasteiger partial charge in [0.15, 0.2) is 0 Å². The number of likely N-dealkylation sites (N-methyl/N-ethyl adjacent to an activating group) is 2. The number of likely N-dealkylation sites (tertiary alicyclic amines) is 2. The van der Waals surface area contributed by atoms with E-state index in [0.717, 1.165) is 56.1 Å². The molecule has 0 saturated carbocycles. The number of piperazine rings is 1. The van der Waals surface area contributed by atoms with E-state index < -0.39 is 21.6 Å². The fourth-order valence-electron chi connectivity index (χ4n) is 7.17. The van der Waals surface area contributed by atoms with Gasteiger partial charge in [0.2, 0.25) is 23.0 Å². The van der Waals surface area contributed by atoms with Gasteiger partial charge in [-0.3, -0.25) is 18.0 Å². The number of rotatable bonds is 6. The van der Waals surface area contributed by atoms with E-state index in [0.29, 0.717) is 77.7 Å². The summed E-state index contributed by atoms with van der Waals surface area (Å²) < 4.78 is 38.3. The van der Waals surface area contributed by atoms with Gasteiger partial charge < -0.3 is 30.2 Å². The highest BCUT2D eigenvalue weighted by Crippen LogP contribution is 2.32. The van der Waals surface area contributed by atoms with Gasteiger partial charge in [-0.15, -0.1) is 0 Å². The second-order valence-corrected chi connectivity index (χ2v) is 17.0. The molecule has 0 radical (unpaired) electrons. The number of aryl methyl sites for hydroxylation is 2. The molecule has 4 atom stereocenters. The molecule has 1 aromatic carbocycles. The molecule has 278 valence electrons. The number of carbonyl (C=O) groups excluding carboxylic acids is 2. The number of hydrogen-bond donors (Lipinski definition) is 2. The van der Waals surface area contributed by atoms with Crippen LogP contribution < -0.4 is 20.4 Å². The fourth-order valence-corrected chi connectivity index (χ4v) is 9.99. The van der Waals surface area contributed by atoms with E-state index in [2.05, 4.69) is 30.4 Å². The van der Waals surface area contributed by atoms with Crippen LogP contribution in [0.1, 0.15) is 37.1 Å². The average Bonchev–Trinajstić information content (AvgIpc) is 3.70. The van der Waals surface area contributed by atoms with Crippen molar-refractivity contribution in [3.8, 4) is 0 Å². The van der Waals surface area contributed by atoms with Crippen LogP contribution >= 0.6 is 11.6 Å². The second kappa shape index (κ2) is 15.6. The molecule has 3 saturated heterocycles. The number of piperidine rings is 2. The Morgan fingerprint density at radius 3 is 1.85 bits per heavy atom. The highest BCUT2D eigenvalue weighted by atomic mass is 35.5. The van der Waals surface area contributed by atoms with Gasteiger partial charge in [-0.1, -0.05) is 6.07 Å². The molecule has 3 aromatic rings. The molecule has 5 aliphatic heterocycles. The van der Waals surface area contributed by atoms with Crippen LogP contribution in [-0.2, 0) is 44.0 Å². The molecule has 7 heterocycles. The Labute approximate surface area is 311 Å². The Hall–Kier alpha value is -3.96. The standard InChI is InChI=1S/C22H27FN6O2S.C12H15ClN4O2S/c1-27-14-16(5-6-19(27)30)24-21-20-18(7-12-32(20)31)25-22(26-21)29-10-8-28(9-11-29)17-4-2-3-15(23)13-17;1-17-6-7(2-3-9(17)18)14-11-10-8(4-5-20(10)19)15-12(13)16-11/h2-4,13,16H,5-12,14H2,1H3,(H,24,25,26);7H,2-6H2,1H3,(H,14,15,16)/t16-,32?;7-,20?/m00/s1. The summed E-state index contributed by atoms with van der Waals surface area (Å²) >= 11 is 5.92. The lowest BCUT2D eigenvalue weighted by Gasteiger charge is -2.36. The predicted octanol–water partition coefficient (Wildman–Crippen LogP) is 2.47. The normalized spacial score (nSPS) is 24.3. The van der Waals surface area contributed by atoms with Gasteiger partial charge in [-0.25, -0.2) is 14.4 Å². The smallest absolute Gasteiger partial charge is 0.227 e. The van der Waals surface area contributed by atoms with E-state index in [-0.39, 0.29) is 35.0 Å². The zero-order valence-corrected chi connectivity index (χ0v) is 31.5. The molecule has 18 heteroatoms. The Morgan fingerprint density at radius 2 is 1.29 bits per heavy atom. The Balaban J connectivity index is 0.000000180. The first-order chi connectivity index (χ1) is 25.0. The molecule has 3 fully saturated rings. The number of fused-ring (bicyclic) bond motifs is 2. The first-order valence-corrected chi connectivity index (χ1v) is 20.5. The minimum atomic E-state index is -1.11. The first kappa shape index (κ1) is 36.4. The van der Waals surface area contributed by atoms with Crippen molar-refractivity contribution in [3.05, 3.63) is 46.8 Å². The highest BCUT2D eigenvalue weighted by Gasteiger charge is 2.32. The Bertz CT molecular complexity index is 1920. The van der Waals surface area contributed by atoms with E-state index in [1.807, 2.05) is 13.1 Å². The Kier molecular flexibility index (Phi) is 10.9. The van der Waals surface area contributed by atoms with Crippen molar-refractivity contribution in [3.63, 3.8) is 0 Å². The van der Waals surface area contributed by atoms with Gasteiger partial charge in [0, 0.05) is 108 Å². The van der Waals surface area contributed by atoms with Crippen molar-refractivity contribution in [2.75, 3.05) is 85.3 Å². The van der Waals surface area contributed by atoms with E-state index in [4.69, 9.17) is 21.6 Å². The molecule has 0 aliphatic carbocycles. The predicted molar refractivity (Wildman–Crippen MR) is 198 cm³/mol. The van der Waals surface area contributed by atoms with Crippen molar-refractivity contribution in [1.29, 1.82) is 0 Å². The third-order valence-electron chi connectivity index (χ3n) is 10.0. The van der Waals surface area contributed by atoms with Crippen LogP contribution in [0.2, 0.25) is 5.28 Å². The minimum Gasteiger partial charge on any atom is -0.368 e. The number of aromatic nitrogens is 4. The third-order valence-corrected chi connectivity index (χ3v) is 13.1. The van der Waals surface area contributed by atoms with Gasteiger partial charge >= 0.3 is 0 Å². The van der Waals surface area contributed by atoms with Crippen LogP contribution in [0.25, 0.3) is 0 Å². The van der Waals surface area contributed by atoms with Gasteiger partial charge in [0.25, 0.3) is 0 Å². The number of nitrogens with zero attached hydrogens (tertiary/aromatic N) is 8. The van der Waals surface area contributed by atoms with E-state index >= 15 is 0 Å². The van der Waals surface area contributed by atoms with E-state index in [1.165, 1.54) is 6.07 Å². The Morgan fingerprint density at radius 1 is 0.750 bits per heavy atom. The summed E-state index contributed by atoms with van der Waals surface area (Å²) in [4.78, 5) is 50.3. The molecule has 5 aliphatic rings. The van der Waals surface area contributed by atoms with Gasteiger partial charge in [-0.2, -0.15) is 9.97 Å². The maximum atomic E-state index is 13.6. The van der Waals surface area contributed by atoms with Gasteiger partial charge in [0.1, 0.15) is 27.2 Å². The van der Waals surface area contributed by atoms with Gasteiger partial charge in [0.05, 0.1) is 33.0 Å². The number of nitrogens with one attached hydrogen (secondary N) is 2. The number of anilines is 4. The van der Waals surface area contributed by atoms with Crippen LogP contribution in [-0.4, -0.2) is 127 Å². The maximum absolute atomic E-state index is 13.6. The topological polar surface area (TPSA) is 157 Å². The summed E-state index contributed by atoms with van der Waals surface area (Å²) in [5.74, 6) is 3.05. The lowest BCUT2D eigenvalue weighted by Crippen LogP contribution is -2.47. The summed E-state index contributed by atoms with van der Waals surface area (Å²) in [6.07, 6.45) is 3.83. The molecule has 0 spiro atoms. The van der Waals surface area contributed by atoms with Crippen molar-refractivity contribution < 1.29 is 22.4 Å². The summed E-state index contributed by atoms with van der Waals surface area (Å²) in [5, 5.41) is 6.92. The lowest BCUT2D eigenvalue weighted by molar-refractivity contribution is -0.132. The number of amides is 2. The zero-order chi connectivity index (χ0) is 36.5. The SMILES string of the molecule is CN1C[C@@H](Nc2nc(Cl)nc3c2S(=O)CC3)CCC1=O.CN1C[C@@H](Nc2nc(N3CCN(c4cccc(F)c4)CC3)nc3c2S(=O)CC3)CCC1=O. The summed E-state index contributed by atoms with van der Waals surface area (Å²) in [6, 6.07) is 6.85. The number of hydrogen-bond acceptors (Lipinski definition) is 12. The van der Waals surface area contributed by atoms with E-state index in [9.17, 15) is 22.4 Å². The average molecular weight is 773 g/mol. The van der Waals surface area contributed by atoms with Crippen LogP contribution in [0.3, 0.4) is 0 Å². The monoisotopic (exact) mass is 772 g/mol. The largest absolute Gasteiger partial charge is 0.368 e. The van der Waals surface area contributed by atoms with Crippen LogP contribution in [0, 0.1) is 5.82 Å². The summed E-state index contributed by atoms with van der Waals surface area (Å²) in [7, 11) is 1.42. The molecule has 8 rings (SSSR count). The molecule has 2 aromatic heterocycles. The zero-order valence-electron chi connectivity index (χ0n) is 29.1. The molecular weight excluding hydrogens is 731 g/mol. The van der Waals surface area contributed by atoms with Crippen molar-refractivity contribution in [2.45, 2.75) is 60.4 Å². The van der Waals surface area contributed by atoms with Crippen LogP contribution in [0.5, 0.6) is 0 Å². The quantitative estimate of drug-likeness (QED) is 0.354. The number of halogens is 2. The van der Waals surface area contributed by atoms with Crippen LogP contribution in [0.4, 0.5) is 27.7 Å². The van der Waals surface area contributed by atoms with E-state index in [1.54, 1.807) is 29.0 Å². The number of benzene rings is 1.